The number of amides is 1. The molecule has 1 fully saturated rings. The lowest BCUT2D eigenvalue weighted by atomic mass is 10.1. The van der Waals surface area contributed by atoms with Gasteiger partial charge in [0.2, 0.25) is 0 Å². The number of benzene rings is 1. The zero-order chi connectivity index (χ0) is 17.8. The average molecular weight is 409 g/mol. The lowest BCUT2D eigenvalue weighted by Gasteiger charge is -2.30. The number of rotatable bonds is 4. The molecule has 25 heavy (non-hydrogen) atoms. The lowest BCUT2D eigenvalue weighted by Crippen LogP contribution is -2.38. The third-order valence-electron chi connectivity index (χ3n) is 4.64. The van der Waals surface area contributed by atoms with Gasteiger partial charge in [-0.1, -0.05) is 12.8 Å². The molecule has 1 amide bonds. The molecule has 0 bridgehead atoms. The topological polar surface area (TPSA) is 34.5 Å². The summed E-state index contributed by atoms with van der Waals surface area (Å²) >= 11 is 3.27. The van der Waals surface area contributed by atoms with Gasteiger partial charge in [0.25, 0.3) is 5.91 Å². The van der Waals surface area contributed by atoms with Crippen LogP contribution in [0.5, 0.6) is 5.75 Å². The van der Waals surface area contributed by atoms with Gasteiger partial charge in [0.05, 0.1) is 10.5 Å². The zero-order valence-corrected chi connectivity index (χ0v) is 15.8. The van der Waals surface area contributed by atoms with E-state index in [4.69, 9.17) is 4.74 Å². The van der Waals surface area contributed by atoms with Crippen LogP contribution in [0.15, 0.2) is 41.0 Å². The third kappa shape index (κ3) is 4.24. The standard InChI is InChI=1S/C19H22BrFN2O2/c1-22-10-5-7-16(22)17-6-3-2-4-11-23(17)19(24)13-25-18-9-8-14(21)12-15(18)20/h5,7-10,12,17H,2-4,6,11,13H2,1H3. The molecule has 1 atom stereocenters. The zero-order valence-electron chi connectivity index (χ0n) is 14.3. The summed E-state index contributed by atoms with van der Waals surface area (Å²) in [6, 6.07) is 8.35. The summed E-state index contributed by atoms with van der Waals surface area (Å²) in [5.74, 6) is 0.0890. The number of aryl methyl sites for hydroxylation is 1. The van der Waals surface area contributed by atoms with E-state index in [1.165, 1.54) is 18.2 Å². The van der Waals surface area contributed by atoms with Gasteiger partial charge in [-0.2, -0.15) is 0 Å². The summed E-state index contributed by atoms with van der Waals surface area (Å²) in [5.41, 5.74) is 1.15. The molecule has 1 saturated heterocycles. The highest BCUT2D eigenvalue weighted by Crippen LogP contribution is 2.31. The molecule has 2 aromatic rings. The highest BCUT2D eigenvalue weighted by molar-refractivity contribution is 9.10. The van der Waals surface area contributed by atoms with E-state index in [9.17, 15) is 9.18 Å². The molecule has 0 saturated carbocycles. The smallest absolute Gasteiger partial charge is 0.261 e. The molecule has 4 nitrogen and oxygen atoms in total. The van der Waals surface area contributed by atoms with Gasteiger partial charge in [-0.15, -0.1) is 0 Å². The molecule has 0 radical (unpaired) electrons. The highest BCUT2D eigenvalue weighted by atomic mass is 79.9. The van der Waals surface area contributed by atoms with Gasteiger partial charge in [0.15, 0.2) is 6.61 Å². The molecule has 1 aromatic carbocycles. The second-order valence-corrected chi connectivity index (χ2v) is 7.21. The minimum Gasteiger partial charge on any atom is -0.483 e. The van der Waals surface area contributed by atoms with Crippen LogP contribution >= 0.6 is 15.9 Å². The van der Waals surface area contributed by atoms with Gasteiger partial charge in [0, 0.05) is 25.5 Å². The molecular formula is C19H22BrFN2O2. The predicted octanol–water partition coefficient (Wildman–Crippen LogP) is 4.45. The van der Waals surface area contributed by atoms with Crippen LogP contribution in [0.4, 0.5) is 4.39 Å². The van der Waals surface area contributed by atoms with Crippen LogP contribution < -0.4 is 4.74 Å². The summed E-state index contributed by atoms with van der Waals surface area (Å²) in [7, 11) is 2.01. The molecule has 1 unspecified atom stereocenters. The van der Waals surface area contributed by atoms with Crippen molar-refractivity contribution in [3.63, 3.8) is 0 Å². The Labute approximate surface area is 155 Å². The van der Waals surface area contributed by atoms with E-state index in [1.807, 2.05) is 24.2 Å². The quantitative estimate of drug-likeness (QED) is 0.748. The first-order chi connectivity index (χ1) is 12.1. The fourth-order valence-electron chi connectivity index (χ4n) is 3.35. The van der Waals surface area contributed by atoms with E-state index < -0.39 is 0 Å². The minimum absolute atomic E-state index is 0.0377. The van der Waals surface area contributed by atoms with Crippen molar-refractivity contribution in [2.24, 2.45) is 7.05 Å². The van der Waals surface area contributed by atoms with Gasteiger partial charge in [0.1, 0.15) is 11.6 Å². The van der Waals surface area contributed by atoms with Crippen molar-refractivity contribution in [1.29, 1.82) is 0 Å². The number of aromatic nitrogens is 1. The van der Waals surface area contributed by atoms with Crippen molar-refractivity contribution in [1.82, 2.24) is 9.47 Å². The molecule has 1 aliphatic rings. The third-order valence-corrected chi connectivity index (χ3v) is 5.26. The molecular weight excluding hydrogens is 387 g/mol. The van der Waals surface area contributed by atoms with Crippen molar-refractivity contribution in [3.05, 3.63) is 52.5 Å². The van der Waals surface area contributed by atoms with Crippen molar-refractivity contribution in [3.8, 4) is 5.75 Å². The fourth-order valence-corrected chi connectivity index (χ4v) is 3.81. The van der Waals surface area contributed by atoms with E-state index in [2.05, 4.69) is 26.6 Å². The fraction of sp³-hybridized carbons (Fsp3) is 0.421. The lowest BCUT2D eigenvalue weighted by molar-refractivity contribution is -0.136. The first-order valence-electron chi connectivity index (χ1n) is 8.55. The summed E-state index contributed by atoms with van der Waals surface area (Å²) in [6.07, 6.45) is 6.23. The Morgan fingerprint density at radius 1 is 1.32 bits per heavy atom. The van der Waals surface area contributed by atoms with Crippen molar-refractivity contribution >= 4 is 21.8 Å². The Morgan fingerprint density at radius 2 is 2.16 bits per heavy atom. The van der Waals surface area contributed by atoms with Crippen LogP contribution in [0.1, 0.15) is 37.4 Å². The number of likely N-dealkylation sites (tertiary alicyclic amines) is 1. The summed E-state index contributed by atoms with van der Waals surface area (Å²) in [6.45, 7) is 0.688. The second kappa shape index (κ2) is 8.04. The van der Waals surface area contributed by atoms with Gasteiger partial charge in [-0.3, -0.25) is 4.79 Å². The molecule has 2 heterocycles. The average Bonchev–Trinajstić information content (AvgIpc) is 2.86. The number of hydrogen-bond acceptors (Lipinski definition) is 2. The maximum Gasteiger partial charge on any atom is 0.261 e. The van der Waals surface area contributed by atoms with Crippen LogP contribution in [-0.2, 0) is 11.8 Å². The first kappa shape index (κ1) is 18.0. The number of hydrogen-bond donors (Lipinski definition) is 0. The molecule has 0 N–H and O–H groups in total. The van der Waals surface area contributed by atoms with Crippen molar-refractivity contribution in [2.45, 2.75) is 31.7 Å². The number of ether oxygens (including phenoxy) is 1. The number of nitrogens with zero attached hydrogens (tertiary/aromatic N) is 2. The summed E-state index contributed by atoms with van der Waals surface area (Å²) < 4.78 is 21.4. The Morgan fingerprint density at radius 3 is 2.88 bits per heavy atom. The number of carbonyl (C=O) groups excluding carboxylic acids is 1. The van der Waals surface area contributed by atoms with E-state index >= 15 is 0 Å². The van der Waals surface area contributed by atoms with E-state index in [0.717, 1.165) is 37.9 Å². The normalized spacial score (nSPS) is 18.0. The van der Waals surface area contributed by atoms with E-state index in [-0.39, 0.29) is 24.4 Å². The van der Waals surface area contributed by atoms with Gasteiger partial charge < -0.3 is 14.2 Å². The van der Waals surface area contributed by atoms with E-state index in [0.29, 0.717) is 10.2 Å². The number of halogens is 2. The second-order valence-electron chi connectivity index (χ2n) is 6.36. The van der Waals surface area contributed by atoms with Crippen LogP contribution in [-0.4, -0.2) is 28.5 Å². The Bertz CT molecular complexity index is 747. The molecule has 0 aliphatic carbocycles. The summed E-state index contributed by atoms with van der Waals surface area (Å²) in [5, 5.41) is 0. The van der Waals surface area contributed by atoms with Crippen LogP contribution in [0.3, 0.4) is 0 Å². The van der Waals surface area contributed by atoms with Crippen molar-refractivity contribution < 1.29 is 13.9 Å². The maximum atomic E-state index is 13.2. The molecule has 1 aromatic heterocycles. The Hall–Kier alpha value is -1.82. The Balaban J connectivity index is 1.72. The van der Waals surface area contributed by atoms with Gasteiger partial charge in [-0.25, -0.2) is 4.39 Å². The predicted molar refractivity (Wildman–Crippen MR) is 97.9 cm³/mol. The van der Waals surface area contributed by atoms with E-state index in [1.54, 1.807) is 0 Å². The molecule has 1 aliphatic heterocycles. The van der Waals surface area contributed by atoms with Gasteiger partial charge in [-0.05, 0) is 59.1 Å². The monoisotopic (exact) mass is 408 g/mol. The minimum atomic E-state index is -0.346. The maximum absolute atomic E-state index is 13.2. The van der Waals surface area contributed by atoms with Crippen LogP contribution in [0.2, 0.25) is 0 Å². The van der Waals surface area contributed by atoms with Crippen molar-refractivity contribution in [2.75, 3.05) is 13.2 Å². The largest absolute Gasteiger partial charge is 0.483 e. The molecule has 134 valence electrons. The molecule has 0 spiro atoms. The van der Waals surface area contributed by atoms with Crippen LogP contribution in [0.25, 0.3) is 0 Å². The first-order valence-corrected chi connectivity index (χ1v) is 9.34. The van der Waals surface area contributed by atoms with Gasteiger partial charge >= 0.3 is 0 Å². The highest BCUT2D eigenvalue weighted by Gasteiger charge is 2.28. The molecule has 6 heteroatoms. The summed E-state index contributed by atoms with van der Waals surface area (Å²) in [4.78, 5) is 14.8. The SMILES string of the molecule is Cn1cccc1C1CCCCCN1C(=O)COc1ccc(F)cc1Br. The molecule has 3 rings (SSSR count). The number of carbonyl (C=O) groups is 1. The Kier molecular flexibility index (Phi) is 5.78. The van der Waals surface area contributed by atoms with Crippen LogP contribution in [0, 0.1) is 5.82 Å².